The lowest BCUT2D eigenvalue weighted by Crippen LogP contribution is -1.96. The van der Waals surface area contributed by atoms with Gasteiger partial charge >= 0.3 is 0 Å². The molecule has 0 aliphatic rings. The van der Waals surface area contributed by atoms with Crippen molar-refractivity contribution >= 4 is 16.5 Å². The summed E-state index contributed by atoms with van der Waals surface area (Å²) in [5.41, 5.74) is 13.4. The van der Waals surface area contributed by atoms with Gasteiger partial charge in [-0.3, -0.25) is 0 Å². The zero-order valence-corrected chi connectivity index (χ0v) is 9.64. The van der Waals surface area contributed by atoms with E-state index in [9.17, 15) is 4.39 Å². The maximum atomic E-state index is 13.1. The average Bonchev–Trinajstić information content (AvgIpc) is 2.63. The summed E-state index contributed by atoms with van der Waals surface area (Å²) in [5.74, 6) is -0.221. The third kappa shape index (κ3) is 1.91. The van der Waals surface area contributed by atoms with E-state index in [0.717, 1.165) is 16.1 Å². The predicted octanol–water partition coefficient (Wildman–Crippen LogP) is 2.30. The lowest BCUT2D eigenvalue weighted by atomic mass is 10.1. The van der Waals surface area contributed by atoms with Gasteiger partial charge in [-0.1, -0.05) is 0 Å². The van der Waals surface area contributed by atoms with Gasteiger partial charge in [0, 0.05) is 17.0 Å². The van der Waals surface area contributed by atoms with Crippen molar-refractivity contribution in [2.45, 2.75) is 13.5 Å². The molecule has 1 aromatic heterocycles. The van der Waals surface area contributed by atoms with E-state index < -0.39 is 0 Å². The van der Waals surface area contributed by atoms with E-state index in [1.807, 2.05) is 0 Å². The van der Waals surface area contributed by atoms with Crippen molar-refractivity contribution in [2.75, 3.05) is 5.73 Å². The van der Waals surface area contributed by atoms with Crippen LogP contribution in [0.15, 0.2) is 18.2 Å². The molecule has 84 valence electrons. The molecular weight excluding hydrogens is 225 g/mol. The minimum absolute atomic E-state index is 0.221. The van der Waals surface area contributed by atoms with Crippen LogP contribution in [0.5, 0.6) is 0 Å². The van der Waals surface area contributed by atoms with Crippen LogP contribution >= 0.6 is 11.3 Å². The molecule has 1 aromatic carbocycles. The van der Waals surface area contributed by atoms with Gasteiger partial charge in [0.05, 0.1) is 5.69 Å². The molecule has 3 nitrogen and oxygen atoms in total. The number of anilines is 1. The number of nitrogen functional groups attached to an aromatic ring is 1. The van der Waals surface area contributed by atoms with Crippen molar-refractivity contribution in [3.63, 3.8) is 0 Å². The fourth-order valence-corrected chi connectivity index (χ4v) is 2.26. The molecule has 0 saturated heterocycles. The minimum atomic E-state index is -0.221. The number of aryl methyl sites for hydroxylation is 1. The maximum absolute atomic E-state index is 13.1. The third-order valence-electron chi connectivity index (χ3n) is 2.33. The van der Waals surface area contributed by atoms with Gasteiger partial charge in [-0.05, 0) is 30.7 Å². The highest BCUT2D eigenvalue weighted by atomic mass is 32.1. The minimum Gasteiger partial charge on any atom is -0.375 e. The summed E-state index contributed by atoms with van der Waals surface area (Å²) in [6, 6.07) is 4.87. The second-order valence-electron chi connectivity index (χ2n) is 3.49. The molecule has 4 N–H and O–H groups in total. The quantitative estimate of drug-likeness (QED) is 0.842. The van der Waals surface area contributed by atoms with Gasteiger partial charge in [0.25, 0.3) is 0 Å². The molecule has 0 radical (unpaired) electrons. The number of hydrogen-bond donors (Lipinski definition) is 2. The second kappa shape index (κ2) is 4.19. The summed E-state index contributed by atoms with van der Waals surface area (Å²) in [4.78, 5) is 5.14. The van der Waals surface area contributed by atoms with E-state index in [0.29, 0.717) is 17.2 Å². The molecule has 5 heteroatoms. The van der Waals surface area contributed by atoms with Gasteiger partial charge in [-0.15, -0.1) is 11.3 Å². The summed E-state index contributed by atoms with van der Waals surface area (Å²) in [5, 5.41) is 0.484. The summed E-state index contributed by atoms with van der Waals surface area (Å²) < 4.78 is 13.1. The number of aromatic nitrogens is 1. The Balaban J connectivity index is 2.53. The number of nitrogens with zero attached hydrogens (tertiary/aromatic N) is 1. The Morgan fingerprint density at radius 1 is 1.44 bits per heavy atom. The summed E-state index contributed by atoms with van der Waals surface area (Å²) in [6.07, 6.45) is 0. The van der Waals surface area contributed by atoms with Crippen LogP contribution in [0.4, 0.5) is 9.52 Å². The first-order valence-corrected chi connectivity index (χ1v) is 5.65. The Hall–Kier alpha value is -1.46. The lowest BCUT2D eigenvalue weighted by molar-refractivity contribution is 0.619. The first-order valence-electron chi connectivity index (χ1n) is 4.83. The average molecular weight is 237 g/mol. The molecule has 1 heterocycles. The van der Waals surface area contributed by atoms with E-state index in [1.54, 1.807) is 19.1 Å². The summed E-state index contributed by atoms with van der Waals surface area (Å²) in [7, 11) is 0. The number of halogens is 1. The van der Waals surface area contributed by atoms with Crippen molar-refractivity contribution in [3.05, 3.63) is 34.5 Å². The zero-order valence-electron chi connectivity index (χ0n) is 8.83. The molecule has 0 unspecified atom stereocenters. The zero-order chi connectivity index (χ0) is 11.7. The molecule has 0 amide bonds. The molecule has 0 aliphatic heterocycles. The van der Waals surface area contributed by atoms with Crippen molar-refractivity contribution in [1.29, 1.82) is 0 Å². The Morgan fingerprint density at radius 2 is 2.19 bits per heavy atom. The highest BCUT2D eigenvalue weighted by Gasteiger charge is 2.11. The summed E-state index contributed by atoms with van der Waals surface area (Å²) in [6.45, 7) is 2.11. The van der Waals surface area contributed by atoms with Crippen LogP contribution in [-0.4, -0.2) is 4.98 Å². The number of rotatable bonds is 2. The van der Waals surface area contributed by atoms with Crippen LogP contribution in [0.25, 0.3) is 11.3 Å². The van der Waals surface area contributed by atoms with Crippen molar-refractivity contribution in [1.82, 2.24) is 4.98 Å². The predicted molar refractivity (Wildman–Crippen MR) is 64.5 cm³/mol. The van der Waals surface area contributed by atoms with Gasteiger partial charge in [0.1, 0.15) is 5.82 Å². The number of thiazole rings is 1. The Bertz CT molecular complexity index is 522. The highest BCUT2D eigenvalue weighted by molar-refractivity contribution is 7.15. The standard InChI is InChI=1S/C11H12FN3S/c1-6-4-7(2-3-8(6)12)10-9(5-13)16-11(14)15-10/h2-4H,5,13H2,1H3,(H2,14,15). The topological polar surface area (TPSA) is 64.9 Å². The summed E-state index contributed by atoms with van der Waals surface area (Å²) >= 11 is 1.37. The number of nitrogens with two attached hydrogens (primary N) is 2. The second-order valence-corrected chi connectivity index (χ2v) is 4.61. The Labute approximate surface area is 96.9 Å². The van der Waals surface area contributed by atoms with Crippen LogP contribution in [0.2, 0.25) is 0 Å². The Kier molecular flexibility index (Phi) is 2.89. The molecule has 0 saturated carbocycles. The maximum Gasteiger partial charge on any atom is 0.180 e. The van der Waals surface area contributed by atoms with E-state index >= 15 is 0 Å². The van der Waals surface area contributed by atoms with E-state index in [4.69, 9.17) is 11.5 Å². The van der Waals surface area contributed by atoms with Crippen molar-refractivity contribution in [2.24, 2.45) is 5.73 Å². The van der Waals surface area contributed by atoms with E-state index in [1.165, 1.54) is 17.4 Å². The van der Waals surface area contributed by atoms with Gasteiger partial charge in [0.15, 0.2) is 5.13 Å². The molecule has 0 fully saturated rings. The smallest absolute Gasteiger partial charge is 0.180 e. The fourth-order valence-electron chi connectivity index (χ4n) is 1.53. The van der Waals surface area contributed by atoms with Crippen LogP contribution in [0.1, 0.15) is 10.4 Å². The number of hydrogen-bond acceptors (Lipinski definition) is 4. The molecular formula is C11H12FN3S. The van der Waals surface area contributed by atoms with Gasteiger partial charge in [-0.2, -0.15) is 0 Å². The molecule has 0 aliphatic carbocycles. The molecule has 16 heavy (non-hydrogen) atoms. The largest absolute Gasteiger partial charge is 0.375 e. The molecule has 0 spiro atoms. The van der Waals surface area contributed by atoms with Crippen molar-refractivity contribution in [3.8, 4) is 11.3 Å². The molecule has 2 rings (SSSR count). The monoisotopic (exact) mass is 237 g/mol. The molecule has 2 aromatic rings. The Morgan fingerprint density at radius 3 is 2.81 bits per heavy atom. The lowest BCUT2D eigenvalue weighted by Gasteiger charge is -2.02. The van der Waals surface area contributed by atoms with Crippen LogP contribution in [-0.2, 0) is 6.54 Å². The van der Waals surface area contributed by atoms with E-state index in [-0.39, 0.29) is 5.82 Å². The first-order chi connectivity index (χ1) is 7.61. The fraction of sp³-hybridized carbons (Fsp3) is 0.182. The SMILES string of the molecule is Cc1cc(-c2nc(N)sc2CN)ccc1F. The third-order valence-corrected chi connectivity index (χ3v) is 3.24. The van der Waals surface area contributed by atoms with Crippen LogP contribution < -0.4 is 11.5 Å². The molecule has 0 bridgehead atoms. The first kappa shape index (κ1) is 11.0. The van der Waals surface area contributed by atoms with Crippen LogP contribution in [0.3, 0.4) is 0 Å². The molecule has 0 atom stereocenters. The van der Waals surface area contributed by atoms with Gasteiger partial charge < -0.3 is 11.5 Å². The van der Waals surface area contributed by atoms with Crippen LogP contribution in [0, 0.1) is 12.7 Å². The van der Waals surface area contributed by atoms with E-state index in [2.05, 4.69) is 4.98 Å². The highest BCUT2D eigenvalue weighted by Crippen LogP contribution is 2.30. The van der Waals surface area contributed by atoms with Gasteiger partial charge in [-0.25, -0.2) is 9.37 Å². The number of benzene rings is 1. The van der Waals surface area contributed by atoms with Gasteiger partial charge in [0.2, 0.25) is 0 Å². The normalized spacial score (nSPS) is 10.7. The van der Waals surface area contributed by atoms with Crippen molar-refractivity contribution < 1.29 is 4.39 Å².